The van der Waals surface area contributed by atoms with Gasteiger partial charge in [-0.2, -0.15) is 0 Å². The quantitative estimate of drug-likeness (QED) is 0.662. The monoisotopic (exact) mass is 464 g/mol. The van der Waals surface area contributed by atoms with Crippen LogP contribution in [0.15, 0.2) is 48.0 Å². The normalized spacial score (nSPS) is 23.7. The Morgan fingerprint density at radius 3 is 2.70 bits per heavy atom. The number of piperazine rings is 1. The van der Waals surface area contributed by atoms with Crippen LogP contribution in [0.1, 0.15) is 48.0 Å². The number of rotatable bonds is 4. The first-order valence-electron chi connectivity index (χ1n) is 12.0. The molecule has 2 aromatic carbocycles. The molecule has 2 aliphatic carbocycles. The second-order valence-corrected chi connectivity index (χ2v) is 10.6. The van der Waals surface area contributed by atoms with E-state index in [0.717, 1.165) is 36.9 Å². The molecule has 1 spiro atoms. The van der Waals surface area contributed by atoms with E-state index in [1.807, 2.05) is 18.2 Å². The molecular weight excluding hydrogens is 436 g/mol. The van der Waals surface area contributed by atoms with E-state index in [4.69, 9.17) is 16.3 Å². The van der Waals surface area contributed by atoms with Crippen molar-refractivity contribution in [1.29, 1.82) is 0 Å². The van der Waals surface area contributed by atoms with Crippen molar-refractivity contribution in [2.75, 3.05) is 37.7 Å². The minimum atomic E-state index is -0.918. The van der Waals surface area contributed by atoms with Crippen LogP contribution in [0.25, 0.3) is 5.57 Å². The maximum Gasteiger partial charge on any atom is 0.335 e. The van der Waals surface area contributed by atoms with Gasteiger partial charge < -0.3 is 14.7 Å². The predicted octanol–water partition coefficient (Wildman–Crippen LogP) is 5.34. The van der Waals surface area contributed by atoms with Crippen LogP contribution in [0.4, 0.5) is 5.69 Å². The highest BCUT2D eigenvalue weighted by molar-refractivity contribution is 6.30. The van der Waals surface area contributed by atoms with Gasteiger partial charge in [-0.1, -0.05) is 29.3 Å². The Hall–Kier alpha value is -2.50. The fourth-order valence-electron chi connectivity index (χ4n) is 5.95. The highest BCUT2D eigenvalue weighted by Crippen LogP contribution is 2.58. The second kappa shape index (κ2) is 8.07. The van der Waals surface area contributed by atoms with Crippen molar-refractivity contribution >= 4 is 28.8 Å². The van der Waals surface area contributed by atoms with Crippen LogP contribution >= 0.6 is 11.6 Å². The van der Waals surface area contributed by atoms with Crippen LogP contribution in [0.3, 0.4) is 0 Å². The number of anilines is 1. The largest absolute Gasteiger partial charge is 0.489 e. The van der Waals surface area contributed by atoms with Gasteiger partial charge in [-0.3, -0.25) is 4.90 Å². The van der Waals surface area contributed by atoms with Crippen LogP contribution in [0.5, 0.6) is 5.75 Å². The third kappa shape index (κ3) is 4.02. The van der Waals surface area contributed by atoms with E-state index in [-0.39, 0.29) is 5.56 Å². The molecule has 4 aliphatic rings. The molecule has 1 saturated carbocycles. The number of aromatic carboxylic acids is 1. The molecule has 0 amide bonds. The number of halogens is 1. The topological polar surface area (TPSA) is 53.0 Å². The van der Waals surface area contributed by atoms with E-state index in [2.05, 4.69) is 21.9 Å². The van der Waals surface area contributed by atoms with Crippen molar-refractivity contribution in [2.45, 2.75) is 38.1 Å². The predicted molar refractivity (Wildman–Crippen MR) is 130 cm³/mol. The Kier molecular flexibility index (Phi) is 5.15. The van der Waals surface area contributed by atoms with Gasteiger partial charge in [0.15, 0.2) is 0 Å². The number of carbonyl (C=O) groups is 1. The smallest absolute Gasteiger partial charge is 0.335 e. The molecule has 2 aliphatic heterocycles. The van der Waals surface area contributed by atoms with Gasteiger partial charge in [-0.05, 0) is 79.0 Å². The van der Waals surface area contributed by atoms with Gasteiger partial charge in [0.05, 0.1) is 17.3 Å². The molecule has 33 heavy (non-hydrogen) atoms. The molecule has 1 N–H and O–H groups in total. The zero-order valence-electron chi connectivity index (χ0n) is 18.7. The Bertz CT molecular complexity index is 1120. The summed E-state index contributed by atoms with van der Waals surface area (Å²) in [7, 11) is 0. The fourth-order valence-corrected chi connectivity index (χ4v) is 6.07. The average molecular weight is 465 g/mol. The number of nitrogens with zero attached hydrogens (tertiary/aromatic N) is 2. The van der Waals surface area contributed by atoms with Gasteiger partial charge in [0, 0.05) is 31.2 Å². The number of carboxylic acid groups (broad SMARTS) is 1. The lowest BCUT2D eigenvalue weighted by Crippen LogP contribution is -2.57. The summed E-state index contributed by atoms with van der Waals surface area (Å²) in [6.45, 7) is 4.52. The minimum Gasteiger partial charge on any atom is -0.489 e. The zero-order chi connectivity index (χ0) is 22.6. The highest BCUT2D eigenvalue weighted by atomic mass is 35.5. The molecule has 0 radical (unpaired) electrons. The summed E-state index contributed by atoms with van der Waals surface area (Å²) >= 11 is 6.15. The van der Waals surface area contributed by atoms with Crippen molar-refractivity contribution in [2.24, 2.45) is 5.41 Å². The summed E-state index contributed by atoms with van der Waals surface area (Å²) in [4.78, 5) is 16.3. The maximum atomic E-state index is 11.3. The highest BCUT2D eigenvalue weighted by Gasteiger charge is 2.45. The van der Waals surface area contributed by atoms with Crippen molar-refractivity contribution in [3.63, 3.8) is 0 Å². The molecule has 2 fully saturated rings. The van der Waals surface area contributed by atoms with E-state index < -0.39 is 5.97 Å². The van der Waals surface area contributed by atoms with Crippen molar-refractivity contribution in [3.8, 4) is 5.75 Å². The molecular formula is C27H29ClN2O3. The Labute approximate surface area is 199 Å². The van der Waals surface area contributed by atoms with E-state index in [9.17, 15) is 9.90 Å². The number of allylic oxidation sites excluding steroid dienone is 1. The summed E-state index contributed by atoms with van der Waals surface area (Å²) < 4.78 is 6.01. The lowest BCUT2D eigenvalue weighted by atomic mass is 9.79. The number of fused-ring (bicyclic) bond motifs is 3. The van der Waals surface area contributed by atoms with E-state index in [0.29, 0.717) is 23.8 Å². The third-order valence-electron chi connectivity index (χ3n) is 8.00. The van der Waals surface area contributed by atoms with E-state index >= 15 is 0 Å². The lowest BCUT2D eigenvalue weighted by Gasteiger charge is -2.46. The lowest BCUT2D eigenvalue weighted by molar-refractivity contribution is 0.0696. The number of ether oxygens (including phenoxy) is 1. The molecule has 0 aromatic heterocycles. The summed E-state index contributed by atoms with van der Waals surface area (Å²) in [6, 6.07) is 13.9. The standard InChI is InChI=1S/C27H29ClN2O3/c28-21-4-1-18(2-5-21)23-7-8-27(9-10-27)14-20(23)15-29-11-12-30-22(16-29)17-33-25-13-19(26(31)32)3-6-24(25)30/h1-6,13,22H,7-12,14-17H2,(H,31,32)/t22-/m0/s1. The van der Waals surface area contributed by atoms with E-state index in [1.54, 1.807) is 17.7 Å². The molecule has 0 bridgehead atoms. The number of carboxylic acids is 1. The average Bonchev–Trinajstić information content (AvgIpc) is 3.57. The van der Waals surface area contributed by atoms with Gasteiger partial charge >= 0.3 is 5.97 Å². The number of benzene rings is 2. The molecule has 1 atom stereocenters. The Morgan fingerprint density at radius 1 is 1.12 bits per heavy atom. The second-order valence-electron chi connectivity index (χ2n) is 10.1. The summed E-state index contributed by atoms with van der Waals surface area (Å²) in [5.74, 6) is -0.227. The molecule has 6 heteroatoms. The molecule has 6 rings (SSSR count). The van der Waals surface area contributed by atoms with Crippen LogP contribution in [-0.4, -0.2) is 54.8 Å². The first-order chi connectivity index (χ1) is 16.0. The van der Waals surface area contributed by atoms with Crippen molar-refractivity contribution in [1.82, 2.24) is 4.90 Å². The summed E-state index contributed by atoms with van der Waals surface area (Å²) in [6.07, 6.45) is 6.47. The SMILES string of the molecule is O=C(O)c1ccc2c(c1)OC[C@@H]1CN(CC3=C(c4ccc(Cl)cc4)CCC4(CC4)C3)CCN21. The molecule has 2 heterocycles. The van der Waals surface area contributed by atoms with Gasteiger partial charge in [0.25, 0.3) is 0 Å². The van der Waals surface area contributed by atoms with Gasteiger partial charge in [-0.25, -0.2) is 4.79 Å². The van der Waals surface area contributed by atoms with Crippen molar-refractivity contribution in [3.05, 3.63) is 64.2 Å². The van der Waals surface area contributed by atoms with Crippen LogP contribution in [-0.2, 0) is 0 Å². The fraction of sp³-hybridized carbons (Fsp3) is 0.444. The summed E-state index contributed by atoms with van der Waals surface area (Å²) in [5.41, 5.74) is 6.33. The maximum absolute atomic E-state index is 11.3. The van der Waals surface area contributed by atoms with Gasteiger partial charge in [-0.15, -0.1) is 0 Å². The minimum absolute atomic E-state index is 0.277. The molecule has 2 aromatic rings. The first-order valence-corrected chi connectivity index (χ1v) is 12.3. The molecule has 0 unspecified atom stereocenters. The zero-order valence-corrected chi connectivity index (χ0v) is 19.5. The molecule has 172 valence electrons. The first kappa shape index (κ1) is 21.1. The van der Waals surface area contributed by atoms with E-state index in [1.165, 1.54) is 43.2 Å². The number of hydrogen-bond donors (Lipinski definition) is 1. The third-order valence-corrected chi connectivity index (χ3v) is 8.25. The summed E-state index contributed by atoms with van der Waals surface area (Å²) in [5, 5.41) is 10.1. The Balaban J connectivity index is 1.21. The van der Waals surface area contributed by atoms with Gasteiger partial charge in [0.1, 0.15) is 12.4 Å². The van der Waals surface area contributed by atoms with Crippen LogP contribution < -0.4 is 9.64 Å². The van der Waals surface area contributed by atoms with Crippen LogP contribution in [0, 0.1) is 5.41 Å². The number of hydrogen-bond acceptors (Lipinski definition) is 4. The van der Waals surface area contributed by atoms with Crippen LogP contribution in [0.2, 0.25) is 5.02 Å². The van der Waals surface area contributed by atoms with Crippen molar-refractivity contribution < 1.29 is 14.6 Å². The Morgan fingerprint density at radius 2 is 1.94 bits per heavy atom. The molecule has 5 nitrogen and oxygen atoms in total. The van der Waals surface area contributed by atoms with Gasteiger partial charge in [0.2, 0.25) is 0 Å². The molecule has 1 saturated heterocycles.